The largest absolute Gasteiger partial charge is 0.399 e. The maximum Gasteiger partial charge on any atom is 0.0780 e. The number of hydrogen-bond acceptors (Lipinski definition) is 3. The minimum Gasteiger partial charge on any atom is -0.399 e. The summed E-state index contributed by atoms with van der Waals surface area (Å²) in [5, 5.41) is 0. The van der Waals surface area contributed by atoms with E-state index in [-0.39, 0.29) is 6.10 Å². The molecule has 0 saturated heterocycles. The van der Waals surface area contributed by atoms with Crippen LogP contribution < -0.4 is 5.73 Å². The summed E-state index contributed by atoms with van der Waals surface area (Å²) in [5.74, 6) is 0. The molecule has 1 unspecified atom stereocenters. The number of ether oxygens (including phenoxy) is 2. The van der Waals surface area contributed by atoms with Crippen LogP contribution in [0, 0.1) is 0 Å². The predicted octanol–water partition coefficient (Wildman–Crippen LogP) is 2.25. The zero-order chi connectivity index (χ0) is 11.8. The number of anilines is 1. The molecule has 0 saturated carbocycles. The van der Waals surface area contributed by atoms with Gasteiger partial charge in [0.1, 0.15) is 0 Å². The van der Waals surface area contributed by atoms with E-state index in [4.69, 9.17) is 15.2 Å². The Balaban J connectivity index is 2.13. The molecular formula is C13H21NO2. The topological polar surface area (TPSA) is 44.5 Å². The van der Waals surface area contributed by atoms with Gasteiger partial charge in [0, 0.05) is 19.4 Å². The summed E-state index contributed by atoms with van der Waals surface area (Å²) in [5.41, 5.74) is 7.73. The molecule has 2 N–H and O–H groups in total. The van der Waals surface area contributed by atoms with Gasteiger partial charge in [-0.05, 0) is 37.5 Å². The van der Waals surface area contributed by atoms with E-state index in [1.54, 1.807) is 7.11 Å². The van der Waals surface area contributed by atoms with Gasteiger partial charge in [-0.25, -0.2) is 0 Å². The first-order valence-corrected chi connectivity index (χ1v) is 5.67. The molecule has 0 aliphatic rings. The van der Waals surface area contributed by atoms with Gasteiger partial charge < -0.3 is 15.2 Å². The first kappa shape index (κ1) is 13.0. The van der Waals surface area contributed by atoms with E-state index in [2.05, 4.69) is 12.1 Å². The molecule has 16 heavy (non-hydrogen) atoms. The molecule has 3 nitrogen and oxygen atoms in total. The third-order valence-corrected chi connectivity index (χ3v) is 2.39. The molecule has 0 aliphatic heterocycles. The van der Waals surface area contributed by atoms with Gasteiger partial charge in [0.15, 0.2) is 0 Å². The maximum absolute atomic E-state index is 5.62. The van der Waals surface area contributed by atoms with Crippen molar-refractivity contribution >= 4 is 5.69 Å². The van der Waals surface area contributed by atoms with Crippen LogP contribution in [-0.2, 0) is 15.9 Å². The first-order valence-electron chi connectivity index (χ1n) is 5.67. The lowest BCUT2D eigenvalue weighted by Crippen LogP contribution is -2.15. The highest BCUT2D eigenvalue weighted by Crippen LogP contribution is 2.07. The average Bonchev–Trinajstić information content (AvgIpc) is 2.27. The number of nitrogens with two attached hydrogens (primary N) is 1. The van der Waals surface area contributed by atoms with Gasteiger partial charge in [-0.2, -0.15) is 0 Å². The average molecular weight is 223 g/mol. The van der Waals surface area contributed by atoms with Crippen molar-refractivity contribution < 1.29 is 9.47 Å². The highest BCUT2D eigenvalue weighted by Gasteiger charge is 2.00. The van der Waals surface area contributed by atoms with E-state index in [9.17, 15) is 0 Å². The minimum atomic E-state index is 0.177. The Hall–Kier alpha value is -1.06. The number of methoxy groups -OCH3 is 1. The molecular weight excluding hydrogens is 202 g/mol. The van der Waals surface area contributed by atoms with E-state index in [1.807, 2.05) is 19.1 Å². The smallest absolute Gasteiger partial charge is 0.0780 e. The lowest BCUT2D eigenvalue weighted by Gasteiger charge is -2.11. The fourth-order valence-electron chi connectivity index (χ4n) is 1.53. The summed E-state index contributed by atoms with van der Waals surface area (Å²) in [6.45, 7) is 3.45. The zero-order valence-corrected chi connectivity index (χ0v) is 10.1. The summed E-state index contributed by atoms with van der Waals surface area (Å²) in [6.07, 6.45) is 2.23. The molecule has 0 spiro atoms. The molecule has 0 aromatic heterocycles. The fraction of sp³-hybridized carbons (Fsp3) is 0.538. The Morgan fingerprint density at radius 2 is 1.94 bits per heavy atom. The van der Waals surface area contributed by atoms with Crippen LogP contribution >= 0.6 is 0 Å². The van der Waals surface area contributed by atoms with Gasteiger partial charge >= 0.3 is 0 Å². The summed E-state index contributed by atoms with van der Waals surface area (Å²) in [4.78, 5) is 0. The predicted molar refractivity (Wildman–Crippen MR) is 66.5 cm³/mol. The number of benzene rings is 1. The molecule has 1 aromatic carbocycles. The minimum absolute atomic E-state index is 0.177. The number of rotatable bonds is 7. The molecule has 3 heteroatoms. The van der Waals surface area contributed by atoms with Crippen LogP contribution in [0.4, 0.5) is 5.69 Å². The SMILES string of the molecule is COCC(C)OCCCc1ccc(N)cc1. The number of nitrogen functional groups attached to an aromatic ring is 1. The molecule has 0 heterocycles. The lowest BCUT2D eigenvalue weighted by molar-refractivity contribution is 0.00837. The van der Waals surface area contributed by atoms with Crippen molar-refractivity contribution in [3.63, 3.8) is 0 Å². The van der Waals surface area contributed by atoms with Crippen LogP contribution in [0.5, 0.6) is 0 Å². The second-order valence-corrected chi connectivity index (χ2v) is 3.98. The van der Waals surface area contributed by atoms with Gasteiger partial charge in [0.05, 0.1) is 12.7 Å². The number of aryl methyl sites for hydroxylation is 1. The zero-order valence-electron chi connectivity index (χ0n) is 10.1. The van der Waals surface area contributed by atoms with Crippen LogP contribution in [-0.4, -0.2) is 26.4 Å². The van der Waals surface area contributed by atoms with Crippen LogP contribution in [0.1, 0.15) is 18.9 Å². The van der Waals surface area contributed by atoms with Crippen molar-refractivity contribution in [1.82, 2.24) is 0 Å². The standard InChI is InChI=1S/C13H21NO2/c1-11(10-15-2)16-9-3-4-12-5-7-13(14)8-6-12/h5-8,11H,3-4,9-10,14H2,1-2H3. The van der Waals surface area contributed by atoms with Crippen molar-refractivity contribution in [2.24, 2.45) is 0 Å². The van der Waals surface area contributed by atoms with Crippen LogP contribution in [0.15, 0.2) is 24.3 Å². The van der Waals surface area contributed by atoms with E-state index in [0.717, 1.165) is 25.1 Å². The van der Waals surface area contributed by atoms with Gasteiger partial charge in [-0.15, -0.1) is 0 Å². The van der Waals surface area contributed by atoms with Crippen molar-refractivity contribution in [2.45, 2.75) is 25.9 Å². The molecule has 1 atom stereocenters. The number of hydrogen-bond donors (Lipinski definition) is 1. The van der Waals surface area contributed by atoms with Crippen LogP contribution in [0.25, 0.3) is 0 Å². The quantitative estimate of drug-likeness (QED) is 0.569. The highest BCUT2D eigenvalue weighted by atomic mass is 16.5. The summed E-state index contributed by atoms with van der Waals surface area (Å²) in [7, 11) is 1.69. The van der Waals surface area contributed by atoms with Crippen molar-refractivity contribution in [3.8, 4) is 0 Å². The van der Waals surface area contributed by atoms with Crippen molar-refractivity contribution in [3.05, 3.63) is 29.8 Å². The lowest BCUT2D eigenvalue weighted by atomic mass is 10.1. The molecule has 0 radical (unpaired) electrons. The van der Waals surface area contributed by atoms with Gasteiger partial charge in [-0.3, -0.25) is 0 Å². The summed E-state index contributed by atoms with van der Waals surface area (Å²) < 4.78 is 10.6. The van der Waals surface area contributed by atoms with E-state index in [0.29, 0.717) is 6.61 Å². The Labute approximate surface area is 97.6 Å². The Morgan fingerprint density at radius 3 is 2.56 bits per heavy atom. The normalized spacial score (nSPS) is 12.6. The Bertz CT molecular complexity index is 284. The fourth-order valence-corrected chi connectivity index (χ4v) is 1.53. The van der Waals surface area contributed by atoms with Gasteiger partial charge in [0.2, 0.25) is 0 Å². The molecule has 0 aliphatic carbocycles. The second-order valence-electron chi connectivity index (χ2n) is 3.98. The van der Waals surface area contributed by atoms with Crippen LogP contribution in [0.3, 0.4) is 0 Å². The monoisotopic (exact) mass is 223 g/mol. The first-order chi connectivity index (χ1) is 7.72. The highest BCUT2D eigenvalue weighted by molar-refractivity contribution is 5.39. The summed E-state index contributed by atoms with van der Waals surface area (Å²) in [6, 6.07) is 8.00. The van der Waals surface area contributed by atoms with Gasteiger partial charge in [-0.1, -0.05) is 12.1 Å². The third kappa shape index (κ3) is 5.14. The molecule has 90 valence electrons. The van der Waals surface area contributed by atoms with Crippen molar-refractivity contribution in [1.29, 1.82) is 0 Å². The van der Waals surface area contributed by atoms with Crippen molar-refractivity contribution in [2.75, 3.05) is 26.1 Å². The molecule has 0 bridgehead atoms. The molecule has 1 rings (SSSR count). The van der Waals surface area contributed by atoms with E-state index in [1.165, 1.54) is 5.56 Å². The van der Waals surface area contributed by atoms with Gasteiger partial charge in [0.25, 0.3) is 0 Å². The maximum atomic E-state index is 5.62. The second kappa shape index (κ2) is 7.25. The Kier molecular flexibility index (Phi) is 5.90. The summed E-state index contributed by atoms with van der Waals surface area (Å²) >= 11 is 0. The molecule has 1 aromatic rings. The Morgan fingerprint density at radius 1 is 1.25 bits per heavy atom. The molecule has 0 amide bonds. The molecule has 0 fully saturated rings. The van der Waals surface area contributed by atoms with E-state index >= 15 is 0 Å². The van der Waals surface area contributed by atoms with E-state index < -0.39 is 0 Å². The third-order valence-electron chi connectivity index (χ3n) is 2.39. The van der Waals surface area contributed by atoms with Crippen LogP contribution in [0.2, 0.25) is 0 Å².